The number of piperidine rings is 1. The fraction of sp³-hybridized carbons (Fsp3) is 0.619. The lowest BCUT2D eigenvalue weighted by molar-refractivity contribution is -0.121. The van der Waals surface area contributed by atoms with Crippen molar-refractivity contribution in [2.24, 2.45) is 5.92 Å². The van der Waals surface area contributed by atoms with Crippen molar-refractivity contribution in [3.63, 3.8) is 0 Å². The predicted molar refractivity (Wildman–Crippen MR) is 104 cm³/mol. The minimum atomic E-state index is -0.0206. The summed E-state index contributed by atoms with van der Waals surface area (Å²) in [7, 11) is 0. The topological polar surface area (TPSA) is 61.4 Å². The monoisotopic (exact) mass is 357 g/mol. The third-order valence-corrected chi connectivity index (χ3v) is 5.82. The molecule has 1 saturated heterocycles. The Labute approximate surface area is 156 Å². The van der Waals surface area contributed by atoms with Gasteiger partial charge in [0.25, 0.3) is 0 Å². The van der Waals surface area contributed by atoms with Crippen molar-refractivity contribution in [2.75, 3.05) is 18.4 Å². The van der Waals surface area contributed by atoms with Crippen molar-refractivity contribution in [3.05, 3.63) is 29.3 Å². The zero-order valence-electron chi connectivity index (χ0n) is 16.0. The number of carbonyl (C=O) groups is 2. The maximum atomic E-state index is 12.6. The van der Waals surface area contributed by atoms with E-state index in [1.54, 1.807) is 0 Å². The summed E-state index contributed by atoms with van der Waals surface area (Å²) in [5.74, 6) is 0.0578. The number of carbonyl (C=O) groups excluding carboxylic acids is 2. The minimum Gasteiger partial charge on any atom is -0.335 e. The van der Waals surface area contributed by atoms with Crippen molar-refractivity contribution in [1.29, 1.82) is 0 Å². The van der Waals surface area contributed by atoms with Gasteiger partial charge < -0.3 is 15.5 Å². The van der Waals surface area contributed by atoms with Crippen LogP contribution in [0.15, 0.2) is 18.2 Å². The molecular formula is C21H31N3O2. The molecule has 1 saturated carbocycles. The van der Waals surface area contributed by atoms with Gasteiger partial charge in [-0.3, -0.25) is 4.79 Å². The molecule has 1 aliphatic heterocycles. The molecule has 0 radical (unpaired) electrons. The van der Waals surface area contributed by atoms with Crippen LogP contribution in [0.1, 0.15) is 56.1 Å². The van der Waals surface area contributed by atoms with E-state index in [0.717, 1.165) is 42.5 Å². The molecule has 1 aromatic carbocycles. The maximum Gasteiger partial charge on any atom is 0.317 e. The van der Waals surface area contributed by atoms with Gasteiger partial charge in [0, 0.05) is 30.7 Å². The number of likely N-dealkylation sites (tertiary alicyclic amines) is 1. The van der Waals surface area contributed by atoms with E-state index in [1.165, 1.54) is 19.3 Å². The number of aryl methyl sites for hydroxylation is 2. The summed E-state index contributed by atoms with van der Waals surface area (Å²) in [4.78, 5) is 26.9. The van der Waals surface area contributed by atoms with E-state index in [4.69, 9.17) is 0 Å². The third-order valence-electron chi connectivity index (χ3n) is 5.82. The van der Waals surface area contributed by atoms with E-state index in [1.807, 2.05) is 36.9 Å². The molecule has 26 heavy (non-hydrogen) atoms. The van der Waals surface area contributed by atoms with E-state index in [0.29, 0.717) is 19.1 Å². The maximum absolute atomic E-state index is 12.6. The van der Waals surface area contributed by atoms with Gasteiger partial charge in [-0.05, 0) is 50.7 Å². The summed E-state index contributed by atoms with van der Waals surface area (Å²) in [5.41, 5.74) is 3.10. The Morgan fingerprint density at radius 2 is 1.58 bits per heavy atom. The Morgan fingerprint density at radius 3 is 2.19 bits per heavy atom. The summed E-state index contributed by atoms with van der Waals surface area (Å²) in [6.07, 6.45) is 7.37. The van der Waals surface area contributed by atoms with Crippen molar-refractivity contribution in [1.82, 2.24) is 10.2 Å². The Kier molecular flexibility index (Phi) is 6.17. The summed E-state index contributed by atoms with van der Waals surface area (Å²) < 4.78 is 0. The van der Waals surface area contributed by atoms with Crippen LogP contribution in [0.3, 0.4) is 0 Å². The smallest absolute Gasteiger partial charge is 0.317 e. The SMILES string of the molecule is Cc1cccc(C)c1NC(=O)C1CCN(C(=O)NC2CCCCC2)CC1. The van der Waals surface area contributed by atoms with Crippen LogP contribution in [-0.2, 0) is 4.79 Å². The molecule has 0 unspecified atom stereocenters. The van der Waals surface area contributed by atoms with Gasteiger partial charge in [-0.1, -0.05) is 37.5 Å². The molecule has 0 spiro atoms. The van der Waals surface area contributed by atoms with Crippen LogP contribution in [0.25, 0.3) is 0 Å². The molecule has 2 fully saturated rings. The predicted octanol–water partition coefficient (Wildman–Crippen LogP) is 4.00. The highest BCUT2D eigenvalue weighted by Gasteiger charge is 2.28. The first-order chi connectivity index (χ1) is 12.5. The van der Waals surface area contributed by atoms with Gasteiger partial charge in [-0.2, -0.15) is 0 Å². The molecule has 1 aromatic rings. The molecule has 3 rings (SSSR count). The second kappa shape index (κ2) is 8.56. The first kappa shape index (κ1) is 18.7. The highest BCUT2D eigenvalue weighted by atomic mass is 16.2. The molecule has 5 heteroatoms. The quantitative estimate of drug-likeness (QED) is 0.859. The lowest BCUT2D eigenvalue weighted by Crippen LogP contribution is -2.49. The summed E-state index contributed by atoms with van der Waals surface area (Å²) in [6.45, 7) is 5.34. The summed E-state index contributed by atoms with van der Waals surface area (Å²) >= 11 is 0. The van der Waals surface area contributed by atoms with Crippen molar-refractivity contribution in [3.8, 4) is 0 Å². The van der Waals surface area contributed by atoms with Crippen LogP contribution in [0.5, 0.6) is 0 Å². The van der Waals surface area contributed by atoms with E-state index in [2.05, 4.69) is 10.6 Å². The van der Waals surface area contributed by atoms with Gasteiger partial charge in [-0.25, -0.2) is 4.79 Å². The van der Waals surface area contributed by atoms with Crippen LogP contribution in [-0.4, -0.2) is 36.0 Å². The Bertz CT molecular complexity index is 624. The number of para-hydroxylation sites is 1. The first-order valence-corrected chi connectivity index (χ1v) is 9.97. The normalized spacial score (nSPS) is 19.2. The zero-order chi connectivity index (χ0) is 18.5. The van der Waals surface area contributed by atoms with Gasteiger partial charge in [0.2, 0.25) is 5.91 Å². The Hall–Kier alpha value is -2.04. The van der Waals surface area contributed by atoms with Crippen LogP contribution < -0.4 is 10.6 Å². The summed E-state index contributed by atoms with van der Waals surface area (Å²) in [5, 5.41) is 6.27. The van der Waals surface area contributed by atoms with Gasteiger partial charge in [0.05, 0.1) is 0 Å². The van der Waals surface area contributed by atoms with E-state index < -0.39 is 0 Å². The molecule has 1 heterocycles. The van der Waals surface area contributed by atoms with Crippen molar-refractivity contribution < 1.29 is 9.59 Å². The Morgan fingerprint density at radius 1 is 0.962 bits per heavy atom. The molecular weight excluding hydrogens is 326 g/mol. The minimum absolute atomic E-state index is 0.0206. The lowest BCUT2D eigenvalue weighted by Gasteiger charge is -2.33. The average molecular weight is 357 g/mol. The molecule has 0 atom stereocenters. The largest absolute Gasteiger partial charge is 0.335 e. The number of nitrogens with one attached hydrogen (secondary N) is 2. The van der Waals surface area contributed by atoms with Crippen LogP contribution in [0, 0.1) is 19.8 Å². The van der Waals surface area contributed by atoms with E-state index >= 15 is 0 Å². The molecule has 2 aliphatic rings. The molecule has 2 N–H and O–H groups in total. The molecule has 5 nitrogen and oxygen atoms in total. The van der Waals surface area contributed by atoms with Crippen LogP contribution >= 0.6 is 0 Å². The zero-order valence-corrected chi connectivity index (χ0v) is 16.0. The molecule has 0 bridgehead atoms. The Balaban J connectivity index is 1.48. The molecule has 142 valence electrons. The van der Waals surface area contributed by atoms with Gasteiger partial charge >= 0.3 is 6.03 Å². The number of hydrogen-bond acceptors (Lipinski definition) is 2. The second-order valence-corrected chi connectivity index (χ2v) is 7.80. The highest BCUT2D eigenvalue weighted by molar-refractivity contribution is 5.94. The molecule has 1 aliphatic carbocycles. The average Bonchev–Trinajstić information content (AvgIpc) is 2.65. The van der Waals surface area contributed by atoms with Crippen LogP contribution in [0.2, 0.25) is 0 Å². The van der Waals surface area contributed by atoms with E-state index in [-0.39, 0.29) is 17.9 Å². The van der Waals surface area contributed by atoms with E-state index in [9.17, 15) is 9.59 Å². The van der Waals surface area contributed by atoms with Gasteiger partial charge in [0.15, 0.2) is 0 Å². The third kappa shape index (κ3) is 4.57. The fourth-order valence-corrected chi connectivity index (χ4v) is 4.09. The van der Waals surface area contributed by atoms with Crippen LogP contribution in [0.4, 0.5) is 10.5 Å². The standard InChI is InChI=1S/C21H31N3O2/c1-15-7-6-8-16(2)19(15)23-20(25)17-11-13-24(14-12-17)21(26)22-18-9-4-3-5-10-18/h6-8,17-18H,3-5,9-14H2,1-2H3,(H,22,26)(H,23,25). The number of nitrogens with zero attached hydrogens (tertiary/aromatic N) is 1. The highest BCUT2D eigenvalue weighted by Crippen LogP contribution is 2.24. The molecule has 3 amide bonds. The van der Waals surface area contributed by atoms with Gasteiger partial charge in [-0.15, -0.1) is 0 Å². The number of benzene rings is 1. The number of anilines is 1. The molecule has 0 aromatic heterocycles. The second-order valence-electron chi connectivity index (χ2n) is 7.80. The number of amides is 3. The summed E-state index contributed by atoms with van der Waals surface area (Å²) in [6, 6.07) is 6.41. The van der Waals surface area contributed by atoms with Crippen molar-refractivity contribution >= 4 is 17.6 Å². The fourth-order valence-electron chi connectivity index (χ4n) is 4.09. The number of urea groups is 1. The van der Waals surface area contributed by atoms with Crippen molar-refractivity contribution in [2.45, 2.75) is 64.8 Å². The number of rotatable bonds is 3. The lowest BCUT2D eigenvalue weighted by atomic mass is 9.94. The number of hydrogen-bond donors (Lipinski definition) is 2. The first-order valence-electron chi connectivity index (χ1n) is 9.97. The van der Waals surface area contributed by atoms with Gasteiger partial charge in [0.1, 0.15) is 0 Å².